The molecule has 0 spiro atoms. The fourth-order valence-corrected chi connectivity index (χ4v) is 3.72. The number of amides is 2. The second kappa shape index (κ2) is 7.98. The molecule has 0 unspecified atom stereocenters. The molecule has 3 atom stereocenters. The number of rotatable bonds is 5. The third kappa shape index (κ3) is 3.85. The highest BCUT2D eigenvalue weighted by Gasteiger charge is 2.51. The van der Waals surface area contributed by atoms with Crippen LogP contribution in [0.15, 0.2) is 30.6 Å². The monoisotopic (exact) mass is 419 g/mol. The van der Waals surface area contributed by atoms with Gasteiger partial charge >= 0.3 is 0 Å². The van der Waals surface area contributed by atoms with E-state index in [9.17, 15) is 18.4 Å². The molecule has 1 aromatic heterocycles. The highest BCUT2D eigenvalue weighted by molar-refractivity contribution is 5.97. The zero-order valence-electron chi connectivity index (χ0n) is 17.0. The number of hydrogen-bond donors (Lipinski definition) is 2. The van der Waals surface area contributed by atoms with Gasteiger partial charge in [-0.1, -0.05) is 13.0 Å². The van der Waals surface area contributed by atoms with Crippen LogP contribution in [-0.4, -0.2) is 35.6 Å². The van der Waals surface area contributed by atoms with E-state index >= 15 is 0 Å². The van der Waals surface area contributed by atoms with Crippen LogP contribution in [0, 0.1) is 17.6 Å². The second-order valence-corrected chi connectivity index (χ2v) is 7.76. The molecule has 0 aliphatic carbocycles. The molecule has 1 aliphatic rings. The number of nitrogens with two attached hydrogens (primary N) is 1. The molecule has 0 radical (unpaired) electrons. The Balaban J connectivity index is 1.98. The van der Waals surface area contributed by atoms with Gasteiger partial charge in [0.15, 0.2) is 11.6 Å². The number of ether oxygens (including phenoxy) is 2. The Bertz CT molecular complexity index is 996. The molecular formula is C21H23F2N3O4. The predicted molar refractivity (Wildman–Crippen MR) is 105 cm³/mol. The van der Waals surface area contributed by atoms with Gasteiger partial charge in [0, 0.05) is 17.7 Å². The smallest absolute Gasteiger partial charge is 0.254 e. The number of hydrogen-bond acceptors (Lipinski definition) is 5. The van der Waals surface area contributed by atoms with Crippen LogP contribution >= 0.6 is 0 Å². The zero-order chi connectivity index (χ0) is 22.2. The largest absolute Gasteiger partial charge is 0.493 e. The van der Waals surface area contributed by atoms with Crippen LogP contribution in [0.3, 0.4) is 0 Å². The van der Waals surface area contributed by atoms with Crippen molar-refractivity contribution in [1.82, 2.24) is 4.98 Å². The Morgan fingerprint density at radius 2 is 1.97 bits per heavy atom. The Kier molecular flexibility index (Phi) is 5.76. The van der Waals surface area contributed by atoms with Crippen molar-refractivity contribution in [2.24, 2.45) is 11.7 Å². The summed E-state index contributed by atoms with van der Waals surface area (Å²) in [5.74, 6) is -4.48. The SMILES string of the molecule is COc1c([C@H]2[C@H](C(=O)Nc3cncc(C(N)=O)c3)OC(C)(C)[C@H]2C)ccc(F)c1F. The standard InChI is InChI=1S/C21H23F2N3O4/c1-10-15(13-5-6-14(22)16(23)17(13)29-4)18(30-21(10,2)3)20(28)26-12-7-11(19(24)27)8-25-9-12/h5-10,15,18H,1-4H3,(H2,24,27)(H,26,28)/t10-,15-,18+/m0/s1. The number of halogens is 2. The number of nitrogens with zero attached hydrogens (tertiary/aromatic N) is 1. The third-order valence-corrected chi connectivity index (χ3v) is 5.58. The molecule has 0 bridgehead atoms. The van der Waals surface area contributed by atoms with Crippen molar-refractivity contribution in [1.29, 1.82) is 0 Å². The number of pyridine rings is 1. The van der Waals surface area contributed by atoms with Crippen LogP contribution in [0.25, 0.3) is 0 Å². The van der Waals surface area contributed by atoms with Gasteiger partial charge in [0.25, 0.3) is 5.91 Å². The molecule has 1 aromatic carbocycles. The second-order valence-electron chi connectivity index (χ2n) is 7.76. The number of anilines is 1. The fourth-order valence-electron chi connectivity index (χ4n) is 3.72. The van der Waals surface area contributed by atoms with Crippen LogP contribution < -0.4 is 15.8 Å². The first kappa shape index (κ1) is 21.6. The van der Waals surface area contributed by atoms with Crippen LogP contribution in [0.2, 0.25) is 0 Å². The quantitative estimate of drug-likeness (QED) is 0.776. The highest BCUT2D eigenvalue weighted by atomic mass is 19.2. The Hall–Kier alpha value is -3.07. The highest BCUT2D eigenvalue weighted by Crippen LogP contribution is 2.49. The van der Waals surface area contributed by atoms with E-state index in [1.165, 1.54) is 31.6 Å². The van der Waals surface area contributed by atoms with E-state index in [2.05, 4.69) is 10.3 Å². The zero-order valence-corrected chi connectivity index (χ0v) is 17.0. The number of carbonyl (C=O) groups is 2. The number of benzene rings is 1. The Morgan fingerprint density at radius 3 is 2.60 bits per heavy atom. The molecule has 1 fully saturated rings. The maximum absolute atomic E-state index is 14.3. The molecule has 2 aromatic rings. The van der Waals surface area contributed by atoms with Crippen LogP contribution in [0.4, 0.5) is 14.5 Å². The van der Waals surface area contributed by atoms with Crippen molar-refractivity contribution in [3.63, 3.8) is 0 Å². The van der Waals surface area contributed by atoms with E-state index in [1.807, 2.05) is 20.8 Å². The summed E-state index contributed by atoms with van der Waals surface area (Å²) < 4.78 is 39.2. The van der Waals surface area contributed by atoms with Crippen molar-refractivity contribution in [3.05, 3.63) is 53.4 Å². The van der Waals surface area contributed by atoms with Gasteiger partial charge in [0.05, 0.1) is 30.2 Å². The van der Waals surface area contributed by atoms with Gasteiger partial charge in [0.2, 0.25) is 11.7 Å². The van der Waals surface area contributed by atoms with Crippen LogP contribution in [-0.2, 0) is 9.53 Å². The van der Waals surface area contributed by atoms with Crippen molar-refractivity contribution in [2.75, 3.05) is 12.4 Å². The van der Waals surface area contributed by atoms with Gasteiger partial charge < -0.3 is 20.5 Å². The minimum absolute atomic E-state index is 0.132. The molecule has 3 N–H and O–H groups in total. The Labute approximate surface area is 172 Å². The predicted octanol–water partition coefficient (Wildman–Crippen LogP) is 3.00. The van der Waals surface area contributed by atoms with Gasteiger partial charge in [-0.3, -0.25) is 14.6 Å². The first-order chi connectivity index (χ1) is 14.1. The van der Waals surface area contributed by atoms with Crippen molar-refractivity contribution in [3.8, 4) is 5.75 Å². The number of carbonyl (C=O) groups excluding carboxylic acids is 2. The van der Waals surface area contributed by atoms with E-state index in [-0.39, 0.29) is 22.9 Å². The van der Waals surface area contributed by atoms with E-state index in [0.29, 0.717) is 5.56 Å². The lowest BCUT2D eigenvalue weighted by atomic mass is 9.78. The molecule has 1 aliphatic heterocycles. The summed E-state index contributed by atoms with van der Waals surface area (Å²) in [5.41, 5.74) is 5.24. The number of methoxy groups -OCH3 is 1. The minimum atomic E-state index is -1.12. The molecular weight excluding hydrogens is 396 g/mol. The molecule has 7 nitrogen and oxygen atoms in total. The summed E-state index contributed by atoms with van der Waals surface area (Å²) >= 11 is 0. The van der Waals surface area contributed by atoms with Crippen LogP contribution in [0.5, 0.6) is 5.75 Å². The van der Waals surface area contributed by atoms with Crippen molar-refractivity contribution in [2.45, 2.75) is 38.4 Å². The summed E-state index contributed by atoms with van der Waals surface area (Å²) in [5, 5.41) is 2.66. The summed E-state index contributed by atoms with van der Waals surface area (Å²) in [6.07, 6.45) is 1.62. The third-order valence-electron chi connectivity index (χ3n) is 5.58. The molecule has 9 heteroatoms. The summed E-state index contributed by atoms with van der Waals surface area (Å²) in [6, 6.07) is 3.79. The lowest BCUT2D eigenvalue weighted by molar-refractivity contribution is -0.131. The molecule has 0 saturated carbocycles. The topological polar surface area (TPSA) is 104 Å². The molecule has 1 saturated heterocycles. The first-order valence-electron chi connectivity index (χ1n) is 9.32. The number of aromatic nitrogens is 1. The van der Waals surface area contributed by atoms with Crippen LogP contribution in [0.1, 0.15) is 42.6 Å². The lowest BCUT2D eigenvalue weighted by Gasteiger charge is -2.25. The van der Waals surface area contributed by atoms with Gasteiger partial charge in [-0.25, -0.2) is 4.39 Å². The van der Waals surface area contributed by atoms with Gasteiger partial charge in [-0.05, 0) is 31.9 Å². The summed E-state index contributed by atoms with van der Waals surface area (Å²) in [7, 11) is 1.24. The average Bonchev–Trinajstić information content (AvgIpc) is 2.93. The van der Waals surface area contributed by atoms with Crippen molar-refractivity contribution < 1.29 is 27.8 Å². The van der Waals surface area contributed by atoms with Crippen molar-refractivity contribution >= 4 is 17.5 Å². The van der Waals surface area contributed by atoms with E-state index in [0.717, 1.165) is 6.07 Å². The van der Waals surface area contributed by atoms with Gasteiger partial charge in [-0.2, -0.15) is 4.39 Å². The fraction of sp³-hybridized carbons (Fsp3) is 0.381. The summed E-state index contributed by atoms with van der Waals surface area (Å²) in [4.78, 5) is 28.3. The Morgan fingerprint density at radius 1 is 1.27 bits per heavy atom. The molecule has 2 heterocycles. The number of nitrogens with one attached hydrogen (secondary N) is 1. The van der Waals surface area contributed by atoms with Gasteiger partial charge in [0.1, 0.15) is 6.10 Å². The first-order valence-corrected chi connectivity index (χ1v) is 9.32. The van der Waals surface area contributed by atoms with E-state index in [1.54, 1.807) is 0 Å². The normalized spacial score (nSPS) is 22.5. The average molecular weight is 419 g/mol. The van der Waals surface area contributed by atoms with E-state index in [4.69, 9.17) is 15.2 Å². The van der Waals surface area contributed by atoms with E-state index < -0.39 is 41.1 Å². The number of primary amides is 1. The lowest BCUT2D eigenvalue weighted by Crippen LogP contribution is -2.33. The summed E-state index contributed by atoms with van der Waals surface area (Å²) in [6.45, 7) is 5.51. The van der Waals surface area contributed by atoms with Gasteiger partial charge in [-0.15, -0.1) is 0 Å². The maximum atomic E-state index is 14.3. The molecule has 160 valence electrons. The molecule has 3 rings (SSSR count). The molecule has 2 amide bonds. The minimum Gasteiger partial charge on any atom is -0.493 e. The molecule has 30 heavy (non-hydrogen) atoms. The maximum Gasteiger partial charge on any atom is 0.254 e.